The minimum absolute atomic E-state index is 0.0389. The van der Waals surface area contributed by atoms with Gasteiger partial charge < -0.3 is 22.5 Å². The summed E-state index contributed by atoms with van der Waals surface area (Å²) >= 11 is 0. The molecule has 0 aromatic rings. The van der Waals surface area contributed by atoms with E-state index in [0.717, 1.165) is 12.8 Å². The summed E-state index contributed by atoms with van der Waals surface area (Å²) in [6.07, 6.45) is 3.93. The molecule has 0 rings (SSSR count). The zero-order valence-corrected chi connectivity index (χ0v) is 10.4. The van der Waals surface area contributed by atoms with Crippen LogP contribution in [0.3, 0.4) is 0 Å². The van der Waals surface area contributed by atoms with Crippen molar-refractivity contribution in [2.75, 3.05) is 6.54 Å². The lowest BCUT2D eigenvalue weighted by Crippen LogP contribution is -2.46. The van der Waals surface area contributed by atoms with Crippen LogP contribution in [0.4, 0.5) is 0 Å². The molecule has 0 aliphatic heterocycles. The normalized spacial score (nSPS) is 13.7. The Kier molecular flexibility index (Phi) is 8.77. The molecule has 0 aromatic heterocycles. The number of nitrogens with one attached hydrogen (secondary N) is 1. The van der Waals surface area contributed by atoms with Crippen LogP contribution in [0.1, 0.15) is 32.1 Å². The van der Waals surface area contributed by atoms with E-state index >= 15 is 0 Å². The fourth-order valence-electron chi connectivity index (χ4n) is 1.36. The maximum absolute atomic E-state index is 11.6. The molecule has 0 aliphatic rings. The smallest absolute Gasteiger partial charge is 0.237 e. The first-order valence-electron chi connectivity index (χ1n) is 5.93. The Bertz CT molecular complexity index is 283. The molecule has 7 N–H and O–H groups in total. The lowest BCUT2D eigenvalue weighted by atomic mass is 10.1. The molecule has 0 fully saturated rings. The van der Waals surface area contributed by atoms with Gasteiger partial charge in [0.25, 0.3) is 0 Å². The van der Waals surface area contributed by atoms with Gasteiger partial charge in [0.1, 0.15) is 0 Å². The van der Waals surface area contributed by atoms with Gasteiger partial charge in [-0.1, -0.05) is 0 Å². The van der Waals surface area contributed by atoms with Gasteiger partial charge in [0.2, 0.25) is 18.1 Å². The molecule has 1 radical (unpaired) electrons. The summed E-state index contributed by atoms with van der Waals surface area (Å²) in [4.78, 5) is 32.7. The monoisotopic (exact) mass is 257 g/mol. The summed E-state index contributed by atoms with van der Waals surface area (Å²) in [7, 11) is 0. The number of hydrogen-bond acceptors (Lipinski definition) is 5. The van der Waals surface area contributed by atoms with E-state index in [-0.39, 0.29) is 12.8 Å². The first-order chi connectivity index (χ1) is 8.51. The Hall–Kier alpha value is -1.47. The predicted octanol–water partition coefficient (Wildman–Crippen LogP) is -1.70. The van der Waals surface area contributed by atoms with Crippen LogP contribution in [-0.2, 0) is 14.4 Å². The summed E-state index contributed by atoms with van der Waals surface area (Å²) in [6.45, 7) is 0.539. The van der Waals surface area contributed by atoms with Crippen molar-refractivity contribution < 1.29 is 14.4 Å². The van der Waals surface area contributed by atoms with Gasteiger partial charge in [-0.15, -0.1) is 0 Å². The summed E-state index contributed by atoms with van der Waals surface area (Å²) in [5.74, 6) is -0.989. The molecule has 2 atom stereocenters. The average molecular weight is 257 g/mol. The van der Waals surface area contributed by atoms with Crippen molar-refractivity contribution in [3.8, 4) is 0 Å². The van der Waals surface area contributed by atoms with Crippen LogP contribution in [0.2, 0.25) is 0 Å². The molecule has 0 unspecified atom stereocenters. The molecule has 0 aliphatic carbocycles. The SMILES string of the molecule is NCCCC[C@@H]([C]=O)NC(=O)[C@@H](N)CCC(N)=O. The topological polar surface area (TPSA) is 141 Å². The predicted molar refractivity (Wildman–Crippen MR) is 66.9 cm³/mol. The van der Waals surface area contributed by atoms with Gasteiger partial charge in [-0.05, 0) is 32.2 Å². The molecule has 0 heterocycles. The quantitative estimate of drug-likeness (QED) is 0.345. The highest BCUT2D eigenvalue weighted by atomic mass is 16.2. The van der Waals surface area contributed by atoms with E-state index in [1.165, 1.54) is 0 Å². The van der Waals surface area contributed by atoms with E-state index in [1.807, 2.05) is 0 Å². The zero-order valence-electron chi connectivity index (χ0n) is 10.4. The summed E-state index contributed by atoms with van der Waals surface area (Å²) < 4.78 is 0. The Morgan fingerprint density at radius 2 is 1.89 bits per heavy atom. The van der Waals surface area contributed by atoms with Crippen LogP contribution in [0.25, 0.3) is 0 Å². The number of carbonyl (C=O) groups excluding carboxylic acids is 3. The van der Waals surface area contributed by atoms with Crippen molar-refractivity contribution >= 4 is 18.1 Å². The molecule has 103 valence electrons. The summed E-state index contributed by atoms with van der Waals surface area (Å²) in [5, 5.41) is 2.47. The van der Waals surface area contributed by atoms with Crippen LogP contribution < -0.4 is 22.5 Å². The standard InChI is InChI=1S/C11H21N4O3/c12-6-2-1-3-8(7-16)15-11(18)9(13)4-5-10(14)17/h8-9H,1-6,12-13H2,(H2,14,17)(H,15,18)/t8-,9-/m0/s1. The van der Waals surface area contributed by atoms with E-state index < -0.39 is 23.9 Å². The third kappa shape index (κ3) is 7.75. The van der Waals surface area contributed by atoms with Crippen LogP contribution in [-0.4, -0.2) is 36.7 Å². The second-order valence-corrected chi connectivity index (χ2v) is 4.07. The molecule has 7 heteroatoms. The maximum atomic E-state index is 11.6. The van der Waals surface area contributed by atoms with Crippen LogP contribution in [0.5, 0.6) is 0 Å². The van der Waals surface area contributed by atoms with Crippen molar-refractivity contribution in [1.29, 1.82) is 0 Å². The van der Waals surface area contributed by atoms with Crippen molar-refractivity contribution in [2.24, 2.45) is 17.2 Å². The highest BCUT2D eigenvalue weighted by molar-refractivity contribution is 5.85. The summed E-state index contributed by atoms with van der Waals surface area (Å²) in [5.41, 5.74) is 15.8. The number of rotatable bonds is 10. The summed E-state index contributed by atoms with van der Waals surface area (Å²) in [6, 6.07) is -1.52. The van der Waals surface area contributed by atoms with E-state index in [2.05, 4.69) is 5.32 Å². The molecule has 18 heavy (non-hydrogen) atoms. The van der Waals surface area contributed by atoms with Crippen molar-refractivity contribution in [2.45, 2.75) is 44.2 Å². The van der Waals surface area contributed by atoms with Crippen molar-refractivity contribution in [1.82, 2.24) is 5.32 Å². The Balaban J connectivity index is 4.00. The molecule has 0 saturated heterocycles. The van der Waals surface area contributed by atoms with Gasteiger partial charge in [-0.3, -0.25) is 14.4 Å². The second-order valence-electron chi connectivity index (χ2n) is 4.07. The second kappa shape index (κ2) is 9.55. The fourth-order valence-corrected chi connectivity index (χ4v) is 1.36. The third-order valence-corrected chi connectivity index (χ3v) is 2.44. The number of amides is 2. The van der Waals surface area contributed by atoms with Crippen LogP contribution in [0, 0.1) is 0 Å². The molecule has 7 nitrogen and oxygen atoms in total. The largest absolute Gasteiger partial charge is 0.370 e. The molecule has 2 amide bonds. The molecule has 0 spiro atoms. The first kappa shape index (κ1) is 16.5. The zero-order chi connectivity index (χ0) is 14.0. The number of unbranched alkanes of at least 4 members (excludes halogenated alkanes) is 1. The maximum Gasteiger partial charge on any atom is 0.237 e. The van der Waals surface area contributed by atoms with E-state index in [4.69, 9.17) is 17.2 Å². The van der Waals surface area contributed by atoms with E-state index in [9.17, 15) is 14.4 Å². The number of hydrogen-bond donors (Lipinski definition) is 4. The molecule has 0 bridgehead atoms. The minimum Gasteiger partial charge on any atom is -0.370 e. The fraction of sp³-hybridized carbons (Fsp3) is 0.727. The minimum atomic E-state index is -0.845. The van der Waals surface area contributed by atoms with Gasteiger partial charge >= 0.3 is 0 Å². The molecule has 0 aromatic carbocycles. The molecular formula is C11H21N4O3. The highest BCUT2D eigenvalue weighted by Crippen LogP contribution is 2.00. The molecular weight excluding hydrogens is 236 g/mol. The van der Waals surface area contributed by atoms with Gasteiger partial charge in [0.05, 0.1) is 12.1 Å². The Morgan fingerprint density at radius 1 is 1.22 bits per heavy atom. The number of primary amides is 1. The first-order valence-corrected chi connectivity index (χ1v) is 5.93. The number of carbonyl (C=O) groups is 2. The van der Waals surface area contributed by atoms with Gasteiger partial charge in [0, 0.05) is 6.42 Å². The van der Waals surface area contributed by atoms with E-state index in [0.29, 0.717) is 13.0 Å². The third-order valence-electron chi connectivity index (χ3n) is 2.44. The van der Waals surface area contributed by atoms with Gasteiger partial charge in [-0.25, -0.2) is 0 Å². The van der Waals surface area contributed by atoms with Crippen molar-refractivity contribution in [3.63, 3.8) is 0 Å². The van der Waals surface area contributed by atoms with Crippen LogP contribution in [0.15, 0.2) is 0 Å². The number of nitrogens with two attached hydrogens (primary N) is 3. The van der Waals surface area contributed by atoms with Gasteiger partial charge in [-0.2, -0.15) is 0 Å². The van der Waals surface area contributed by atoms with Gasteiger partial charge in [0.15, 0.2) is 0 Å². The Morgan fingerprint density at radius 3 is 2.39 bits per heavy atom. The van der Waals surface area contributed by atoms with Crippen LogP contribution >= 0.6 is 0 Å². The lowest BCUT2D eigenvalue weighted by Gasteiger charge is -2.15. The molecule has 0 saturated carbocycles. The average Bonchev–Trinajstić information content (AvgIpc) is 2.34. The lowest BCUT2D eigenvalue weighted by molar-refractivity contribution is -0.123. The Labute approximate surface area is 106 Å². The van der Waals surface area contributed by atoms with E-state index in [1.54, 1.807) is 6.29 Å². The highest BCUT2D eigenvalue weighted by Gasteiger charge is 2.18. The van der Waals surface area contributed by atoms with Crippen molar-refractivity contribution in [3.05, 3.63) is 0 Å².